The van der Waals surface area contributed by atoms with Gasteiger partial charge in [-0.2, -0.15) is 0 Å². The van der Waals surface area contributed by atoms with E-state index in [1.54, 1.807) is 0 Å². The minimum atomic E-state index is -4.88. The first-order valence-electron chi connectivity index (χ1n) is 5.15. The van der Waals surface area contributed by atoms with Crippen molar-refractivity contribution in [2.75, 3.05) is 7.11 Å². The van der Waals surface area contributed by atoms with Crippen LogP contribution in [0.4, 0.5) is 13.2 Å². The van der Waals surface area contributed by atoms with Gasteiger partial charge in [-0.3, -0.25) is 0 Å². The van der Waals surface area contributed by atoms with Gasteiger partial charge in [-0.15, -0.1) is 13.2 Å². The smallest absolute Gasteiger partial charge is 0.467 e. The summed E-state index contributed by atoms with van der Waals surface area (Å²) in [6.07, 6.45) is -8.53. The third-order valence-electron chi connectivity index (χ3n) is 2.27. The lowest BCUT2D eigenvalue weighted by molar-refractivity contribution is -0.274. The molecule has 1 aromatic carbocycles. The molecule has 0 spiro atoms. The number of esters is 1. The lowest BCUT2D eigenvalue weighted by Gasteiger charge is -2.18. The van der Waals surface area contributed by atoms with Gasteiger partial charge in [0.15, 0.2) is 6.10 Å². The van der Waals surface area contributed by atoms with Crippen LogP contribution >= 0.6 is 11.6 Å². The largest absolute Gasteiger partial charge is 0.573 e. The number of methoxy groups -OCH3 is 1. The molecular weight excluding hydrogens is 305 g/mol. The molecule has 0 radical (unpaired) electrons. The van der Waals surface area contributed by atoms with Gasteiger partial charge in [0.1, 0.15) is 11.9 Å². The number of ether oxygens (including phenoxy) is 2. The van der Waals surface area contributed by atoms with Gasteiger partial charge in [0.2, 0.25) is 0 Å². The molecule has 0 heterocycles. The molecule has 9 heteroatoms. The number of hydrogen-bond acceptors (Lipinski definition) is 5. The fourth-order valence-electron chi connectivity index (χ4n) is 1.36. The highest BCUT2D eigenvalue weighted by atomic mass is 35.5. The third-order valence-corrected chi connectivity index (χ3v) is 2.59. The molecule has 0 aliphatic carbocycles. The maximum Gasteiger partial charge on any atom is 0.573 e. The number of hydrogen-bond donors (Lipinski definition) is 2. The maximum absolute atomic E-state index is 12.0. The van der Waals surface area contributed by atoms with Crippen molar-refractivity contribution in [3.8, 4) is 5.75 Å². The third kappa shape index (κ3) is 4.26. The molecule has 0 saturated heterocycles. The van der Waals surface area contributed by atoms with Crippen LogP contribution in [0.3, 0.4) is 0 Å². The minimum Gasteiger partial charge on any atom is -0.467 e. The van der Waals surface area contributed by atoms with E-state index in [1.807, 2.05) is 0 Å². The van der Waals surface area contributed by atoms with E-state index in [4.69, 9.17) is 11.6 Å². The summed E-state index contributed by atoms with van der Waals surface area (Å²) < 4.78 is 43.8. The van der Waals surface area contributed by atoms with Crippen LogP contribution in [0.5, 0.6) is 5.75 Å². The van der Waals surface area contributed by atoms with Crippen molar-refractivity contribution in [3.05, 3.63) is 28.8 Å². The molecule has 0 amide bonds. The SMILES string of the molecule is COC(=O)C(O)C(O)c1ccc(OC(F)(F)F)cc1Cl. The lowest BCUT2D eigenvalue weighted by Crippen LogP contribution is -2.29. The van der Waals surface area contributed by atoms with Crippen molar-refractivity contribution >= 4 is 17.6 Å². The molecule has 2 atom stereocenters. The van der Waals surface area contributed by atoms with Crippen molar-refractivity contribution in [2.24, 2.45) is 0 Å². The Hall–Kier alpha value is -1.51. The van der Waals surface area contributed by atoms with Gasteiger partial charge in [0.05, 0.1) is 12.1 Å². The number of aliphatic hydroxyl groups is 2. The maximum atomic E-state index is 12.0. The number of aliphatic hydroxyl groups excluding tert-OH is 2. The quantitative estimate of drug-likeness (QED) is 0.829. The highest BCUT2D eigenvalue weighted by Crippen LogP contribution is 2.31. The van der Waals surface area contributed by atoms with Crippen molar-refractivity contribution < 1.29 is 37.7 Å². The summed E-state index contributed by atoms with van der Waals surface area (Å²) >= 11 is 5.67. The van der Waals surface area contributed by atoms with Crippen LogP contribution in [0.1, 0.15) is 11.7 Å². The summed E-state index contributed by atoms with van der Waals surface area (Å²) in [5.74, 6) is -1.70. The van der Waals surface area contributed by atoms with Crippen molar-refractivity contribution in [1.29, 1.82) is 0 Å². The minimum absolute atomic E-state index is 0.140. The van der Waals surface area contributed by atoms with Gasteiger partial charge in [0, 0.05) is 5.56 Å². The van der Waals surface area contributed by atoms with Gasteiger partial charge in [-0.25, -0.2) is 4.79 Å². The monoisotopic (exact) mass is 314 g/mol. The fraction of sp³-hybridized carbons (Fsp3) is 0.364. The Morgan fingerprint density at radius 1 is 1.35 bits per heavy atom. The standard InChI is InChI=1S/C11H10ClF3O5/c1-19-10(18)9(17)8(16)6-3-2-5(4-7(6)12)20-11(13,14)15/h2-4,8-9,16-17H,1H3. The first-order valence-corrected chi connectivity index (χ1v) is 5.52. The fourth-order valence-corrected chi connectivity index (χ4v) is 1.65. The van der Waals surface area contributed by atoms with E-state index in [-0.39, 0.29) is 10.6 Å². The Morgan fingerprint density at radius 2 is 1.95 bits per heavy atom. The molecule has 1 rings (SSSR count). The number of halogens is 4. The Bertz CT molecular complexity index is 491. The highest BCUT2D eigenvalue weighted by Gasteiger charge is 2.32. The van der Waals surface area contributed by atoms with Gasteiger partial charge >= 0.3 is 12.3 Å². The topological polar surface area (TPSA) is 76.0 Å². The predicted molar refractivity (Wildman–Crippen MR) is 61.1 cm³/mol. The zero-order chi connectivity index (χ0) is 15.5. The second-order valence-electron chi connectivity index (χ2n) is 3.64. The molecule has 0 saturated carbocycles. The van der Waals surface area contributed by atoms with Gasteiger partial charge < -0.3 is 19.7 Å². The van der Waals surface area contributed by atoms with Crippen LogP contribution in [-0.4, -0.2) is 35.8 Å². The molecule has 0 aromatic heterocycles. The molecule has 112 valence electrons. The molecule has 2 N–H and O–H groups in total. The molecule has 0 aliphatic heterocycles. The summed E-state index contributed by atoms with van der Waals surface area (Å²) in [5, 5.41) is 18.8. The molecule has 0 fully saturated rings. The number of rotatable bonds is 4. The van der Waals surface area contributed by atoms with Crippen LogP contribution in [0.2, 0.25) is 5.02 Å². The van der Waals surface area contributed by atoms with E-state index in [0.717, 1.165) is 25.3 Å². The summed E-state index contributed by atoms with van der Waals surface area (Å²) in [6.45, 7) is 0. The highest BCUT2D eigenvalue weighted by molar-refractivity contribution is 6.31. The molecule has 1 aromatic rings. The molecule has 20 heavy (non-hydrogen) atoms. The van der Waals surface area contributed by atoms with E-state index < -0.39 is 30.3 Å². The van der Waals surface area contributed by atoms with Crippen molar-refractivity contribution in [3.63, 3.8) is 0 Å². The van der Waals surface area contributed by atoms with Crippen molar-refractivity contribution in [2.45, 2.75) is 18.6 Å². The summed E-state index contributed by atoms with van der Waals surface area (Å²) in [4.78, 5) is 11.0. The van der Waals surface area contributed by atoms with Crippen molar-refractivity contribution in [1.82, 2.24) is 0 Å². The zero-order valence-corrected chi connectivity index (χ0v) is 10.8. The summed E-state index contributed by atoms with van der Waals surface area (Å²) in [5.41, 5.74) is -0.140. The van der Waals surface area contributed by atoms with Crippen LogP contribution in [-0.2, 0) is 9.53 Å². The Kier molecular flexibility index (Phi) is 5.21. The van der Waals surface area contributed by atoms with E-state index in [2.05, 4.69) is 9.47 Å². The van der Waals surface area contributed by atoms with E-state index >= 15 is 0 Å². The molecule has 2 unspecified atom stereocenters. The average Bonchev–Trinajstić information content (AvgIpc) is 2.34. The first kappa shape index (κ1) is 16.5. The second kappa shape index (κ2) is 6.29. The predicted octanol–water partition coefficient (Wildman–Crippen LogP) is 1.81. The molecule has 0 aliphatic rings. The summed E-state index contributed by atoms with van der Waals surface area (Å²) in [6, 6.07) is 2.69. The van der Waals surface area contributed by atoms with Gasteiger partial charge in [0.25, 0.3) is 0 Å². The van der Waals surface area contributed by atoms with Gasteiger partial charge in [-0.05, 0) is 12.1 Å². The van der Waals surface area contributed by atoms with Crippen LogP contribution < -0.4 is 4.74 Å². The number of alkyl halides is 3. The number of carbonyl (C=O) groups is 1. The molecule has 5 nitrogen and oxygen atoms in total. The second-order valence-corrected chi connectivity index (χ2v) is 4.05. The molecule has 0 bridgehead atoms. The van der Waals surface area contributed by atoms with Gasteiger partial charge in [-0.1, -0.05) is 17.7 Å². The zero-order valence-electron chi connectivity index (χ0n) is 10.0. The van der Waals surface area contributed by atoms with Crippen LogP contribution in [0, 0.1) is 0 Å². The molecular formula is C11H10ClF3O5. The Morgan fingerprint density at radius 3 is 2.40 bits per heavy atom. The normalized spacial score (nSPS) is 14.6. The van der Waals surface area contributed by atoms with E-state index in [1.165, 1.54) is 0 Å². The Labute approximate surface area is 116 Å². The number of benzene rings is 1. The summed E-state index contributed by atoms with van der Waals surface area (Å²) in [7, 11) is 1.00. The van der Waals surface area contributed by atoms with Crippen LogP contribution in [0.25, 0.3) is 0 Å². The van der Waals surface area contributed by atoms with E-state index in [9.17, 15) is 28.2 Å². The Balaban J connectivity index is 2.95. The van der Waals surface area contributed by atoms with E-state index in [0.29, 0.717) is 0 Å². The lowest BCUT2D eigenvalue weighted by atomic mass is 10.0. The average molecular weight is 315 g/mol. The number of carbonyl (C=O) groups excluding carboxylic acids is 1. The first-order chi connectivity index (χ1) is 9.15. The van der Waals surface area contributed by atoms with Crippen LogP contribution in [0.15, 0.2) is 18.2 Å².